The van der Waals surface area contributed by atoms with Crippen LogP contribution in [0.25, 0.3) is 0 Å². The van der Waals surface area contributed by atoms with Crippen LogP contribution in [0.3, 0.4) is 0 Å². The van der Waals surface area contributed by atoms with Gasteiger partial charge in [0.15, 0.2) is 23.0 Å². The molecule has 1 spiro atoms. The van der Waals surface area contributed by atoms with Gasteiger partial charge in [0, 0.05) is 24.0 Å². The van der Waals surface area contributed by atoms with Crippen molar-refractivity contribution in [3.63, 3.8) is 0 Å². The highest BCUT2D eigenvalue weighted by molar-refractivity contribution is 5.97. The van der Waals surface area contributed by atoms with E-state index in [0.29, 0.717) is 18.5 Å². The number of ether oxygens (including phenoxy) is 1. The number of rotatable bonds is 1. The summed E-state index contributed by atoms with van der Waals surface area (Å²) >= 11 is 0. The Kier molecular flexibility index (Phi) is 5.06. The molecule has 1 atom stereocenters. The second-order valence-corrected chi connectivity index (χ2v) is 9.14. The Morgan fingerprint density at radius 2 is 1.94 bits per heavy atom. The number of fused-ring (bicyclic) bond motifs is 6. The first-order valence-corrected chi connectivity index (χ1v) is 11.6. The van der Waals surface area contributed by atoms with Gasteiger partial charge in [-0.25, -0.2) is 4.39 Å². The lowest BCUT2D eigenvalue weighted by Crippen LogP contribution is -2.64. The van der Waals surface area contributed by atoms with Gasteiger partial charge in [0.1, 0.15) is 19.3 Å². The van der Waals surface area contributed by atoms with Gasteiger partial charge in [0.2, 0.25) is 11.2 Å². The van der Waals surface area contributed by atoms with Gasteiger partial charge in [0.25, 0.3) is 5.91 Å². The summed E-state index contributed by atoms with van der Waals surface area (Å²) in [6.45, 7) is 0.000299. The van der Waals surface area contributed by atoms with Crippen molar-refractivity contribution in [2.45, 2.75) is 30.8 Å². The predicted octanol–water partition coefficient (Wildman–Crippen LogP) is 3.24. The van der Waals surface area contributed by atoms with Crippen molar-refractivity contribution >= 4 is 5.91 Å². The zero-order valence-corrected chi connectivity index (χ0v) is 19.1. The van der Waals surface area contributed by atoms with E-state index in [-0.39, 0.29) is 30.3 Å². The number of hydrogen-bond acceptors (Lipinski definition) is 6. The van der Waals surface area contributed by atoms with Crippen molar-refractivity contribution in [2.75, 3.05) is 18.3 Å². The molecule has 0 radical (unpaired) electrons. The second-order valence-electron chi connectivity index (χ2n) is 9.14. The number of pyridine rings is 2. The molecule has 184 valence electrons. The molecule has 0 saturated heterocycles. The highest BCUT2D eigenvalue weighted by Crippen LogP contribution is 2.44. The first-order chi connectivity index (χ1) is 17.4. The first-order valence-electron chi connectivity index (χ1n) is 11.6. The van der Waals surface area contributed by atoms with Crippen molar-refractivity contribution in [1.82, 2.24) is 14.6 Å². The average molecular weight is 492 g/mol. The quantitative estimate of drug-likeness (QED) is 0.525. The molecule has 1 N–H and O–H groups in total. The Morgan fingerprint density at radius 3 is 2.67 bits per heavy atom. The third-order valence-electron chi connectivity index (χ3n) is 7.21. The van der Waals surface area contributed by atoms with Crippen LogP contribution >= 0.6 is 0 Å². The fourth-order valence-corrected chi connectivity index (χ4v) is 5.27. The third kappa shape index (κ3) is 3.20. The van der Waals surface area contributed by atoms with Crippen LogP contribution in [-0.4, -0.2) is 44.4 Å². The number of hydrogen-bond donors (Lipinski definition) is 1. The van der Waals surface area contributed by atoms with Gasteiger partial charge in [0.05, 0.1) is 11.2 Å². The van der Waals surface area contributed by atoms with Crippen LogP contribution in [0.15, 0.2) is 65.7 Å². The monoisotopic (exact) mass is 492 g/mol. The summed E-state index contributed by atoms with van der Waals surface area (Å²) in [5, 5.41) is 12.4. The second kappa shape index (κ2) is 8.18. The maximum atomic E-state index is 15.1. The molecular weight excluding hydrogens is 470 g/mol. The summed E-state index contributed by atoms with van der Waals surface area (Å²) < 4.78 is 36.6. The predicted molar refractivity (Wildman–Crippen MR) is 125 cm³/mol. The van der Waals surface area contributed by atoms with Crippen molar-refractivity contribution in [3.8, 4) is 11.5 Å². The highest BCUT2D eigenvalue weighted by Gasteiger charge is 2.49. The number of benzene rings is 1. The molecule has 2 aromatic heterocycles. The minimum Gasteiger partial charge on any atom is -0.502 e. The standard InChI is InChI=1S/C26H22F2N4O4/c27-17-7-6-16-21(18-5-1-2-12-29-18)32-15-30(25(35)22-23(34)19(33)8-13-31(22)32)26(9-3-10-26)11-4-14-36-24(16)20(17)28/h1-2,4-8,11-13,21,34H,3,9-10,14-15H2/b11-4-/t21-/m1/s1. The summed E-state index contributed by atoms with van der Waals surface area (Å²) in [6, 6.07) is 7.97. The molecule has 1 saturated carbocycles. The Morgan fingerprint density at radius 1 is 1.11 bits per heavy atom. The first kappa shape index (κ1) is 22.3. The summed E-state index contributed by atoms with van der Waals surface area (Å²) in [5.41, 5.74) is -0.800. The molecule has 4 heterocycles. The highest BCUT2D eigenvalue weighted by atomic mass is 19.2. The number of aromatic nitrogens is 2. The van der Waals surface area contributed by atoms with Crippen molar-refractivity contribution in [3.05, 3.63) is 99.8 Å². The molecule has 1 aromatic carbocycles. The Bertz CT molecular complexity index is 1450. The summed E-state index contributed by atoms with van der Waals surface area (Å²) in [5.74, 6) is -3.62. The van der Waals surface area contributed by atoms with Crippen LogP contribution in [0.2, 0.25) is 0 Å². The molecule has 36 heavy (non-hydrogen) atoms. The fraction of sp³-hybridized carbons (Fsp3) is 0.269. The molecule has 1 aliphatic carbocycles. The van der Waals surface area contributed by atoms with Gasteiger partial charge >= 0.3 is 0 Å². The van der Waals surface area contributed by atoms with E-state index in [9.17, 15) is 19.1 Å². The molecule has 6 rings (SSSR count). The van der Waals surface area contributed by atoms with Crippen LogP contribution in [-0.2, 0) is 0 Å². The molecule has 1 fully saturated rings. The summed E-state index contributed by atoms with van der Waals surface area (Å²) in [7, 11) is 0. The SMILES string of the molecule is O=C1c2c(O)c(=O)ccn2N2CN1C1(/C=C\COc3c(ccc(F)c3F)[C@@H]2c2ccccn2)CCC1. The number of halogens is 2. The lowest BCUT2D eigenvalue weighted by Gasteiger charge is -2.53. The lowest BCUT2D eigenvalue weighted by molar-refractivity contribution is 0.0255. The van der Waals surface area contributed by atoms with E-state index in [1.165, 1.54) is 16.9 Å². The van der Waals surface area contributed by atoms with Gasteiger partial charge in [-0.05, 0) is 49.6 Å². The van der Waals surface area contributed by atoms with E-state index in [1.54, 1.807) is 40.4 Å². The Balaban J connectivity index is 1.67. The van der Waals surface area contributed by atoms with Crippen LogP contribution < -0.4 is 15.2 Å². The maximum Gasteiger partial charge on any atom is 0.278 e. The normalized spacial score (nSPS) is 21.1. The number of aromatic hydroxyl groups is 1. The number of amides is 1. The van der Waals surface area contributed by atoms with E-state index in [4.69, 9.17) is 4.74 Å². The van der Waals surface area contributed by atoms with Crippen LogP contribution in [0, 0.1) is 11.6 Å². The number of nitrogens with zero attached hydrogens (tertiary/aromatic N) is 4. The van der Waals surface area contributed by atoms with Gasteiger partial charge in [-0.2, -0.15) is 4.39 Å². The lowest BCUT2D eigenvalue weighted by atomic mass is 9.74. The van der Waals surface area contributed by atoms with Crippen LogP contribution in [0.5, 0.6) is 11.5 Å². The molecule has 1 amide bonds. The van der Waals surface area contributed by atoms with Crippen LogP contribution in [0.1, 0.15) is 47.1 Å². The Hall–Kier alpha value is -4.21. The minimum absolute atomic E-state index is 0.0395. The van der Waals surface area contributed by atoms with Gasteiger partial charge in [-0.3, -0.25) is 24.3 Å². The zero-order valence-electron chi connectivity index (χ0n) is 19.1. The van der Waals surface area contributed by atoms with Gasteiger partial charge in [-0.1, -0.05) is 12.1 Å². The molecule has 3 aromatic rings. The topological polar surface area (TPSA) is 87.9 Å². The summed E-state index contributed by atoms with van der Waals surface area (Å²) in [4.78, 5) is 32.2. The molecule has 3 aliphatic rings. The fourth-order valence-electron chi connectivity index (χ4n) is 5.27. The number of carbonyl (C=O) groups is 1. The molecule has 8 nitrogen and oxygen atoms in total. The van der Waals surface area contributed by atoms with Crippen molar-refractivity contribution < 1.29 is 23.4 Å². The zero-order chi connectivity index (χ0) is 25.0. The largest absolute Gasteiger partial charge is 0.502 e. The molecule has 10 heteroatoms. The van der Waals surface area contributed by atoms with Crippen molar-refractivity contribution in [2.24, 2.45) is 0 Å². The molecule has 2 aliphatic heterocycles. The van der Waals surface area contributed by atoms with Gasteiger partial charge < -0.3 is 14.7 Å². The smallest absolute Gasteiger partial charge is 0.278 e. The van der Waals surface area contributed by atoms with Crippen LogP contribution in [0.4, 0.5) is 8.78 Å². The molecular formula is C26H22F2N4O4. The molecule has 0 unspecified atom stereocenters. The van der Waals surface area contributed by atoms with E-state index < -0.39 is 40.3 Å². The van der Waals surface area contributed by atoms with Gasteiger partial charge in [-0.15, -0.1) is 0 Å². The average Bonchev–Trinajstić information content (AvgIpc) is 2.88. The van der Waals surface area contributed by atoms with Crippen molar-refractivity contribution in [1.29, 1.82) is 0 Å². The third-order valence-corrected chi connectivity index (χ3v) is 7.21. The van der Waals surface area contributed by atoms with E-state index in [0.717, 1.165) is 18.6 Å². The Labute approximate surface area is 204 Å². The minimum atomic E-state index is -1.13. The molecule has 2 bridgehead atoms. The summed E-state index contributed by atoms with van der Waals surface area (Å²) in [6.07, 6.45) is 8.73. The van der Waals surface area contributed by atoms with E-state index >= 15 is 4.39 Å². The van der Waals surface area contributed by atoms with E-state index in [2.05, 4.69) is 4.98 Å². The van der Waals surface area contributed by atoms with E-state index in [1.807, 2.05) is 6.08 Å². The number of carbonyl (C=O) groups excluding carboxylic acids is 1. The maximum absolute atomic E-state index is 15.1.